The molecule has 0 unspecified atom stereocenters. The topological polar surface area (TPSA) is 35.2 Å². The molecular formula is C13H11FINO. The van der Waals surface area contributed by atoms with Gasteiger partial charge in [0.1, 0.15) is 17.3 Å². The first-order valence-electron chi connectivity index (χ1n) is 5.10. The summed E-state index contributed by atoms with van der Waals surface area (Å²) in [6, 6.07) is 12.0. The molecule has 0 saturated heterocycles. The number of halogens is 2. The molecule has 2 nitrogen and oxygen atoms in total. The molecular weight excluding hydrogens is 332 g/mol. The van der Waals surface area contributed by atoms with Crippen molar-refractivity contribution in [2.45, 2.75) is 6.54 Å². The Labute approximate surface area is 113 Å². The summed E-state index contributed by atoms with van der Waals surface area (Å²) < 4.78 is 19.9. The van der Waals surface area contributed by atoms with E-state index in [0.717, 1.165) is 3.57 Å². The zero-order chi connectivity index (χ0) is 12.3. The van der Waals surface area contributed by atoms with E-state index in [9.17, 15) is 4.39 Å². The Bertz CT molecular complexity index is 513. The molecule has 0 heterocycles. The van der Waals surface area contributed by atoms with E-state index < -0.39 is 0 Å². The standard InChI is InChI=1S/C13H11FINO/c14-10-5-9(8-16)6-13(7-10)17-12-3-1-11(15)2-4-12/h1-7H,8,16H2. The fourth-order valence-electron chi connectivity index (χ4n) is 1.44. The van der Waals surface area contributed by atoms with Crippen LogP contribution in [-0.2, 0) is 6.54 Å². The molecule has 0 aliphatic carbocycles. The van der Waals surface area contributed by atoms with Crippen molar-refractivity contribution in [3.8, 4) is 11.5 Å². The molecule has 0 aliphatic heterocycles. The van der Waals surface area contributed by atoms with E-state index in [0.29, 0.717) is 23.6 Å². The van der Waals surface area contributed by atoms with Gasteiger partial charge in [0.2, 0.25) is 0 Å². The summed E-state index contributed by atoms with van der Waals surface area (Å²) in [5, 5.41) is 0. The molecule has 2 aromatic rings. The van der Waals surface area contributed by atoms with E-state index >= 15 is 0 Å². The average molecular weight is 343 g/mol. The maximum absolute atomic E-state index is 13.2. The van der Waals surface area contributed by atoms with Crippen LogP contribution in [0.15, 0.2) is 42.5 Å². The first kappa shape index (κ1) is 12.3. The predicted octanol–water partition coefficient (Wildman–Crippen LogP) is 3.68. The molecule has 2 aromatic carbocycles. The number of ether oxygens (including phenoxy) is 1. The number of benzene rings is 2. The van der Waals surface area contributed by atoms with E-state index in [1.54, 1.807) is 6.07 Å². The van der Waals surface area contributed by atoms with Gasteiger partial charge in [0.05, 0.1) is 0 Å². The van der Waals surface area contributed by atoms with E-state index in [2.05, 4.69) is 22.6 Å². The van der Waals surface area contributed by atoms with Crippen LogP contribution in [0, 0.1) is 9.39 Å². The van der Waals surface area contributed by atoms with Gasteiger partial charge in [-0.25, -0.2) is 4.39 Å². The second kappa shape index (κ2) is 5.46. The van der Waals surface area contributed by atoms with Gasteiger partial charge in [-0.1, -0.05) is 0 Å². The third kappa shape index (κ3) is 3.41. The largest absolute Gasteiger partial charge is 0.457 e. The van der Waals surface area contributed by atoms with Crippen LogP contribution in [0.1, 0.15) is 5.56 Å². The molecule has 17 heavy (non-hydrogen) atoms. The van der Waals surface area contributed by atoms with E-state index in [1.165, 1.54) is 12.1 Å². The third-order valence-corrected chi connectivity index (χ3v) is 2.94. The Balaban J connectivity index is 2.23. The zero-order valence-corrected chi connectivity index (χ0v) is 11.1. The zero-order valence-electron chi connectivity index (χ0n) is 8.99. The van der Waals surface area contributed by atoms with E-state index in [4.69, 9.17) is 10.5 Å². The number of hydrogen-bond donors (Lipinski definition) is 1. The highest BCUT2D eigenvalue weighted by Crippen LogP contribution is 2.24. The molecule has 0 bridgehead atoms. The van der Waals surface area contributed by atoms with Crippen molar-refractivity contribution in [1.29, 1.82) is 0 Å². The van der Waals surface area contributed by atoms with Crippen LogP contribution in [0.2, 0.25) is 0 Å². The van der Waals surface area contributed by atoms with E-state index in [1.807, 2.05) is 24.3 Å². The van der Waals surface area contributed by atoms with Gasteiger partial charge in [0.15, 0.2) is 0 Å². The van der Waals surface area contributed by atoms with Crippen molar-refractivity contribution in [2.75, 3.05) is 0 Å². The number of nitrogens with two attached hydrogens (primary N) is 1. The van der Waals surface area contributed by atoms with Gasteiger partial charge in [-0.3, -0.25) is 0 Å². The van der Waals surface area contributed by atoms with Gasteiger partial charge in [0.25, 0.3) is 0 Å². The lowest BCUT2D eigenvalue weighted by molar-refractivity contribution is 0.475. The smallest absolute Gasteiger partial charge is 0.130 e. The quantitative estimate of drug-likeness (QED) is 0.863. The molecule has 0 radical (unpaired) electrons. The van der Waals surface area contributed by atoms with Crippen molar-refractivity contribution < 1.29 is 9.13 Å². The van der Waals surface area contributed by atoms with Gasteiger partial charge < -0.3 is 10.5 Å². The van der Waals surface area contributed by atoms with E-state index in [-0.39, 0.29) is 5.82 Å². The highest BCUT2D eigenvalue weighted by molar-refractivity contribution is 14.1. The van der Waals surface area contributed by atoms with Crippen molar-refractivity contribution in [2.24, 2.45) is 5.73 Å². The molecule has 0 saturated carbocycles. The Kier molecular flexibility index (Phi) is 3.96. The molecule has 2 rings (SSSR count). The maximum Gasteiger partial charge on any atom is 0.130 e. The van der Waals surface area contributed by atoms with Crippen LogP contribution in [0.4, 0.5) is 4.39 Å². The van der Waals surface area contributed by atoms with Crippen molar-refractivity contribution in [3.63, 3.8) is 0 Å². The van der Waals surface area contributed by atoms with Gasteiger partial charge >= 0.3 is 0 Å². The van der Waals surface area contributed by atoms with Crippen LogP contribution in [0.3, 0.4) is 0 Å². The molecule has 0 amide bonds. The maximum atomic E-state index is 13.2. The lowest BCUT2D eigenvalue weighted by Crippen LogP contribution is -1.97. The lowest BCUT2D eigenvalue weighted by Gasteiger charge is -2.07. The summed E-state index contributed by atoms with van der Waals surface area (Å²) in [6.07, 6.45) is 0. The fraction of sp³-hybridized carbons (Fsp3) is 0.0769. The van der Waals surface area contributed by atoms with Crippen molar-refractivity contribution in [3.05, 3.63) is 57.4 Å². The van der Waals surface area contributed by atoms with Gasteiger partial charge in [-0.05, 0) is 64.6 Å². The number of rotatable bonds is 3. The van der Waals surface area contributed by atoms with Crippen molar-refractivity contribution >= 4 is 22.6 Å². The summed E-state index contributed by atoms with van der Waals surface area (Å²) in [5.41, 5.74) is 6.19. The molecule has 2 N–H and O–H groups in total. The SMILES string of the molecule is NCc1cc(F)cc(Oc2ccc(I)cc2)c1. The second-order valence-electron chi connectivity index (χ2n) is 3.56. The molecule has 0 aromatic heterocycles. The van der Waals surface area contributed by atoms with Crippen LogP contribution < -0.4 is 10.5 Å². The van der Waals surface area contributed by atoms with Gasteiger partial charge in [0, 0.05) is 16.2 Å². The average Bonchev–Trinajstić information content (AvgIpc) is 2.31. The van der Waals surface area contributed by atoms with Gasteiger partial charge in [-0.15, -0.1) is 0 Å². The Hall–Kier alpha value is -1.14. The molecule has 0 fully saturated rings. The normalized spacial score (nSPS) is 10.3. The van der Waals surface area contributed by atoms with Crippen LogP contribution in [-0.4, -0.2) is 0 Å². The molecule has 0 aliphatic rings. The monoisotopic (exact) mass is 343 g/mol. The Morgan fingerprint density at radius 3 is 2.41 bits per heavy atom. The molecule has 0 spiro atoms. The lowest BCUT2D eigenvalue weighted by atomic mass is 10.2. The van der Waals surface area contributed by atoms with Gasteiger partial charge in [-0.2, -0.15) is 0 Å². The molecule has 88 valence electrons. The minimum absolute atomic E-state index is 0.292. The fourth-order valence-corrected chi connectivity index (χ4v) is 1.80. The summed E-state index contributed by atoms with van der Waals surface area (Å²) in [5.74, 6) is 0.805. The summed E-state index contributed by atoms with van der Waals surface area (Å²) in [6.45, 7) is 0.292. The number of hydrogen-bond acceptors (Lipinski definition) is 2. The summed E-state index contributed by atoms with van der Waals surface area (Å²) in [7, 11) is 0. The first-order chi connectivity index (χ1) is 8.17. The summed E-state index contributed by atoms with van der Waals surface area (Å²) in [4.78, 5) is 0. The second-order valence-corrected chi connectivity index (χ2v) is 4.80. The van der Waals surface area contributed by atoms with Crippen LogP contribution in [0.5, 0.6) is 11.5 Å². The highest BCUT2D eigenvalue weighted by Gasteiger charge is 2.02. The van der Waals surface area contributed by atoms with Crippen molar-refractivity contribution in [1.82, 2.24) is 0 Å². The minimum atomic E-state index is -0.339. The molecule has 0 atom stereocenters. The summed E-state index contributed by atoms with van der Waals surface area (Å²) >= 11 is 2.21. The highest BCUT2D eigenvalue weighted by atomic mass is 127. The molecule has 4 heteroatoms. The Morgan fingerprint density at radius 2 is 1.76 bits per heavy atom. The predicted molar refractivity (Wildman–Crippen MR) is 73.5 cm³/mol. The Morgan fingerprint density at radius 1 is 1.06 bits per heavy atom. The minimum Gasteiger partial charge on any atom is -0.457 e. The first-order valence-corrected chi connectivity index (χ1v) is 6.18. The van der Waals surface area contributed by atoms with Crippen LogP contribution in [0.25, 0.3) is 0 Å². The third-order valence-electron chi connectivity index (χ3n) is 2.22. The van der Waals surface area contributed by atoms with Crippen LogP contribution >= 0.6 is 22.6 Å².